The standard InChI is InChI=1S/C14H19N3O3S/c15-14(3-8-20-10-14)13(19)17-6-4-16(5-7-17)12(18)11-2-1-9-21-11/h1-2,9H,3-8,10,15H2. The van der Waals surface area contributed by atoms with Crippen LogP contribution in [0.1, 0.15) is 16.1 Å². The summed E-state index contributed by atoms with van der Waals surface area (Å²) in [6.45, 7) is 3.02. The Kier molecular flexibility index (Phi) is 3.97. The Morgan fingerprint density at radius 3 is 2.52 bits per heavy atom. The van der Waals surface area contributed by atoms with E-state index in [1.165, 1.54) is 11.3 Å². The van der Waals surface area contributed by atoms with E-state index in [1.54, 1.807) is 9.80 Å². The van der Waals surface area contributed by atoms with Gasteiger partial charge in [-0.15, -0.1) is 11.3 Å². The number of nitrogens with zero attached hydrogens (tertiary/aromatic N) is 2. The monoisotopic (exact) mass is 309 g/mol. The van der Waals surface area contributed by atoms with E-state index >= 15 is 0 Å². The lowest BCUT2D eigenvalue weighted by molar-refractivity contribution is -0.138. The molecular formula is C14H19N3O3S. The topological polar surface area (TPSA) is 75.9 Å². The highest BCUT2D eigenvalue weighted by Gasteiger charge is 2.42. The summed E-state index contributed by atoms with van der Waals surface area (Å²) in [6.07, 6.45) is 0.570. The molecule has 2 aliphatic heterocycles. The molecule has 1 atom stereocenters. The van der Waals surface area contributed by atoms with Crippen LogP contribution in [0.25, 0.3) is 0 Å². The average molecular weight is 309 g/mol. The van der Waals surface area contributed by atoms with Crippen LogP contribution in [0.5, 0.6) is 0 Å². The molecule has 1 aromatic rings. The summed E-state index contributed by atoms with van der Waals surface area (Å²) >= 11 is 1.44. The first-order valence-corrected chi connectivity index (χ1v) is 7.97. The van der Waals surface area contributed by atoms with Gasteiger partial charge in [0.05, 0.1) is 11.5 Å². The van der Waals surface area contributed by atoms with Gasteiger partial charge in [-0.05, 0) is 17.9 Å². The van der Waals surface area contributed by atoms with Gasteiger partial charge in [0.2, 0.25) is 5.91 Å². The third-order valence-corrected chi connectivity index (χ3v) is 4.92. The van der Waals surface area contributed by atoms with E-state index in [2.05, 4.69) is 0 Å². The Bertz CT molecular complexity index is 518. The van der Waals surface area contributed by atoms with Crippen molar-refractivity contribution in [1.29, 1.82) is 0 Å². The fourth-order valence-corrected chi connectivity index (χ4v) is 3.42. The summed E-state index contributed by atoms with van der Waals surface area (Å²) in [5.74, 6) is -0.00742. The van der Waals surface area contributed by atoms with Crippen LogP contribution in [-0.2, 0) is 9.53 Å². The van der Waals surface area contributed by atoms with Gasteiger partial charge < -0.3 is 20.3 Å². The van der Waals surface area contributed by atoms with Crippen LogP contribution in [-0.4, -0.2) is 66.5 Å². The second-order valence-electron chi connectivity index (χ2n) is 5.52. The molecule has 0 aliphatic carbocycles. The number of carbonyl (C=O) groups excluding carboxylic acids is 2. The zero-order valence-electron chi connectivity index (χ0n) is 11.8. The molecule has 2 aliphatic rings. The summed E-state index contributed by atoms with van der Waals surface area (Å²) < 4.78 is 5.24. The van der Waals surface area contributed by atoms with Crippen LogP contribution in [0.15, 0.2) is 17.5 Å². The smallest absolute Gasteiger partial charge is 0.264 e. The first-order chi connectivity index (χ1) is 10.1. The molecule has 7 heteroatoms. The zero-order valence-corrected chi connectivity index (χ0v) is 12.6. The molecule has 6 nitrogen and oxygen atoms in total. The van der Waals surface area contributed by atoms with E-state index in [1.807, 2.05) is 17.5 Å². The van der Waals surface area contributed by atoms with Crippen molar-refractivity contribution in [2.45, 2.75) is 12.0 Å². The SMILES string of the molecule is NC1(C(=O)N2CCN(C(=O)c3cccs3)CC2)CCOC1. The normalized spacial score (nSPS) is 26.1. The van der Waals surface area contributed by atoms with Crippen molar-refractivity contribution in [3.05, 3.63) is 22.4 Å². The van der Waals surface area contributed by atoms with Gasteiger partial charge in [-0.25, -0.2) is 0 Å². The average Bonchev–Trinajstić information content (AvgIpc) is 3.18. The predicted molar refractivity (Wildman–Crippen MR) is 79.2 cm³/mol. The first-order valence-electron chi connectivity index (χ1n) is 7.09. The minimum atomic E-state index is -0.875. The maximum absolute atomic E-state index is 12.4. The minimum absolute atomic E-state index is 0.0451. The molecule has 0 aromatic carbocycles. The maximum atomic E-state index is 12.4. The number of amides is 2. The van der Waals surface area contributed by atoms with Gasteiger partial charge in [0.1, 0.15) is 5.54 Å². The van der Waals surface area contributed by atoms with Crippen LogP contribution in [0.2, 0.25) is 0 Å². The molecule has 1 aromatic heterocycles. The largest absolute Gasteiger partial charge is 0.379 e. The Hall–Kier alpha value is -1.44. The minimum Gasteiger partial charge on any atom is -0.379 e. The summed E-state index contributed by atoms with van der Waals surface area (Å²) in [5.41, 5.74) is 5.23. The number of thiophene rings is 1. The Morgan fingerprint density at radius 2 is 1.95 bits per heavy atom. The quantitative estimate of drug-likeness (QED) is 0.844. The zero-order chi connectivity index (χ0) is 14.9. The fourth-order valence-electron chi connectivity index (χ4n) is 2.73. The van der Waals surface area contributed by atoms with Crippen molar-refractivity contribution < 1.29 is 14.3 Å². The Morgan fingerprint density at radius 1 is 1.24 bits per heavy atom. The van der Waals surface area contributed by atoms with E-state index in [9.17, 15) is 9.59 Å². The molecule has 2 N–H and O–H groups in total. The number of hydrogen-bond donors (Lipinski definition) is 1. The van der Waals surface area contributed by atoms with Gasteiger partial charge >= 0.3 is 0 Å². The lowest BCUT2D eigenvalue weighted by atomic mass is 9.98. The van der Waals surface area contributed by atoms with Gasteiger partial charge in [0, 0.05) is 32.8 Å². The highest BCUT2D eigenvalue weighted by atomic mass is 32.1. The highest BCUT2D eigenvalue weighted by Crippen LogP contribution is 2.20. The van der Waals surface area contributed by atoms with Crippen LogP contribution in [0, 0.1) is 0 Å². The lowest BCUT2D eigenvalue weighted by Gasteiger charge is -2.37. The number of rotatable bonds is 2. The Labute approximate surface area is 127 Å². The number of hydrogen-bond acceptors (Lipinski definition) is 5. The highest BCUT2D eigenvalue weighted by molar-refractivity contribution is 7.12. The van der Waals surface area contributed by atoms with E-state index < -0.39 is 5.54 Å². The molecule has 0 bridgehead atoms. The van der Waals surface area contributed by atoms with Crippen LogP contribution in [0.3, 0.4) is 0 Å². The number of carbonyl (C=O) groups is 2. The molecule has 0 saturated carbocycles. The van der Waals surface area contributed by atoms with Crippen molar-refractivity contribution in [1.82, 2.24) is 9.80 Å². The van der Waals surface area contributed by atoms with Gasteiger partial charge in [0.15, 0.2) is 0 Å². The van der Waals surface area contributed by atoms with Gasteiger partial charge in [-0.3, -0.25) is 9.59 Å². The molecule has 0 radical (unpaired) electrons. The Balaban J connectivity index is 1.58. The second-order valence-corrected chi connectivity index (χ2v) is 6.47. The molecule has 2 amide bonds. The predicted octanol–water partition coefficient (Wildman–Crippen LogP) is 0.150. The third kappa shape index (κ3) is 2.81. The summed E-state index contributed by atoms with van der Waals surface area (Å²) in [7, 11) is 0. The van der Waals surface area contributed by atoms with Crippen LogP contribution in [0.4, 0.5) is 0 Å². The molecule has 21 heavy (non-hydrogen) atoms. The first kappa shape index (κ1) is 14.5. The molecule has 3 rings (SSSR count). The van der Waals surface area contributed by atoms with Crippen molar-refractivity contribution in [2.24, 2.45) is 5.73 Å². The van der Waals surface area contributed by atoms with Crippen molar-refractivity contribution >= 4 is 23.2 Å². The van der Waals surface area contributed by atoms with E-state index in [0.29, 0.717) is 45.8 Å². The van der Waals surface area contributed by atoms with E-state index in [0.717, 1.165) is 4.88 Å². The molecule has 3 heterocycles. The molecular weight excluding hydrogens is 290 g/mol. The lowest BCUT2D eigenvalue weighted by Crippen LogP contribution is -2.60. The van der Waals surface area contributed by atoms with Gasteiger partial charge in [-0.1, -0.05) is 6.07 Å². The maximum Gasteiger partial charge on any atom is 0.264 e. The fraction of sp³-hybridized carbons (Fsp3) is 0.571. The molecule has 114 valence electrons. The number of ether oxygens (including phenoxy) is 1. The van der Waals surface area contributed by atoms with E-state index in [4.69, 9.17) is 10.5 Å². The summed E-state index contributed by atoms with van der Waals surface area (Å²) in [5, 5.41) is 1.89. The number of nitrogens with two attached hydrogens (primary N) is 1. The summed E-state index contributed by atoms with van der Waals surface area (Å²) in [4.78, 5) is 29.0. The van der Waals surface area contributed by atoms with Crippen molar-refractivity contribution in [2.75, 3.05) is 39.4 Å². The van der Waals surface area contributed by atoms with Crippen molar-refractivity contribution in [3.8, 4) is 0 Å². The molecule has 2 fully saturated rings. The number of piperazine rings is 1. The molecule has 0 spiro atoms. The van der Waals surface area contributed by atoms with Crippen LogP contribution >= 0.6 is 11.3 Å². The van der Waals surface area contributed by atoms with Gasteiger partial charge in [-0.2, -0.15) is 0 Å². The summed E-state index contributed by atoms with van der Waals surface area (Å²) in [6, 6.07) is 3.70. The van der Waals surface area contributed by atoms with Crippen LogP contribution < -0.4 is 5.73 Å². The third-order valence-electron chi connectivity index (χ3n) is 4.06. The van der Waals surface area contributed by atoms with Gasteiger partial charge in [0.25, 0.3) is 5.91 Å². The molecule has 1 unspecified atom stereocenters. The second kappa shape index (κ2) is 5.75. The van der Waals surface area contributed by atoms with Crippen molar-refractivity contribution in [3.63, 3.8) is 0 Å². The molecule has 2 saturated heterocycles. The van der Waals surface area contributed by atoms with E-state index in [-0.39, 0.29) is 11.8 Å².